The van der Waals surface area contributed by atoms with Gasteiger partial charge in [0.05, 0.1) is 6.10 Å². The molecule has 0 aliphatic carbocycles. The molecule has 1 atom stereocenters. The first-order valence-corrected chi connectivity index (χ1v) is 8.58. The van der Waals surface area contributed by atoms with Gasteiger partial charge in [0.2, 0.25) is 5.91 Å². The Morgan fingerprint density at radius 2 is 2.13 bits per heavy atom. The van der Waals surface area contributed by atoms with Crippen LogP contribution in [0.1, 0.15) is 31.2 Å². The Kier molecular flexibility index (Phi) is 5.62. The van der Waals surface area contributed by atoms with Crippen molar-refractivity contribution in [1.29, 1.82) is 0 Å². The summed E-state index contributed by atoms with van der Waals surface area (Å²) in [6.45, 7) is 3.63. The highest BCUT2D eigenvalue weighted by molar-refractivity contribution is 5.79. The maximum absolute atomic E-state index is 13.4. The van der Waals surface area contributed by atoms with Crippen LogP contribution in [0, 0.1) is 11.7 Å². The van der Waals surface area contributed by atoms with E-state index in [9.17, 15) is 9.18 Å². The molecule has 2 aliphatic rings. The fourth-order valence-corrected chi connectivity index (χ4v) is 3.45. The summed E-state index contributed by atoms with van der Waals surface area (Å²) < 4.78 is 19.1. The van der Waals surface area contributed by atoms with E-state index in [1.54, 1.807) is 6.07 Å². The summed E-state index contributed by atoms with van der Waals surface area (Å²) in [4.78, 5) is 14.8. The number of amides is 1. The zero-order valence-corrected chi connectivity index (χ0v) is 13.5. The monoisotopic (exact) mass is 320 g/mol. The SMILES string of the molecule is O=C(C1CCNCC1)N(Cc1cccc(F)c1)CC1CCCO1. The van der Waals surface area contributed by atoms with E-state index in [0.717, 1.165) is 50.9 Å². The molecule has 2 saturated heterocycles. The van der Waals surface area contributed by atoms with Gasteiger partial charge >= 0.3 is 0 Å². The first kappa shape index (κ1) is 16.4. The summed E-state index contributed by atoms with van der Waals surface area (Å²) in [5.41, 5.74) is 0.838. The van der Waals surface area contributed by atoms with E-state index >= 15 is 0 Å². The normalized spacial score (nSPS) is 22.2. The number of benzene rings is 1. The van der Waals surface area contributed by atoms with E-state index < -0.39 is 0 Å². The summed E-state index contributed by atoms with van der Waals surface area (Å²) in [5, 5.41) is 3.29. The van der Waals surface area contributed by atoms with Crippen LogP contribution in [-0.2, 0) is 16.1 Å². The third-order valence-corrected chi connectivity index (χ3v) is 4.71. The van der Waals surface area contributed by atoms with Crippen LogP contribution in [-0.4, -0.2) is 43.2 Å². The fourth-order valence-electron chi connectivity index (χ4n) is 3.45. The number of nitrogens with zero attached hydrogens (tertiary/aromatic N) is 1. The molecule has 3 rings (SSSR count). The fraction of sp³-hybridized carbons (Fsp3) is 0.611. The van der Waals surface area contributed by atoms with E-state index in [-0.39, 0.29) is 23.7 Å². The number of carbonyl (C=O) groups is 1. The van der Waals surface area contributed by atoms with E-state index in [2.05, 4.69) is 5.32 Å². The molecule has 0 spiro atoms. The molecule has 1 aromatic carbocycles. The second kappa shape index (κ2) is 7.88. The second-order valence-corrected chi connectivity index (χ2v) is 6.51. The summed E-state index contributed by atoms with van der Waals surface area (Å²) in [6, 6.07) is 6.52. The number of halogens is 1. The van der Waals surface area contributed by atoms with Gasteiger partial charge in [0.25, 0.3) is 0 Å². The van der Waals surface area contributed by atoms with Crippen LogP contribution in [0.5, 0.6) is 0 Å². The largest absolute Gasteiger partial charge is 0.376 e. The lowest BCUT2D eigenvalue weighted by Crippen LogP contribution is -2.43. The van der Waals surface area contributed by atoms with Gasteiger partial charge in [-0.25, -0.2) is 4.39 Å². The first-order chi connectivity index (χ1) is 11.2. The molecule has 0 saturated carbocycles. The third kappa shape index (κ3) is 4.52. The molecule has 1 N–H and O–H groups in total. The zero-order chi connectivity index (χ0) is 16.1. The maximum Gasteiger partial charge on any atom is 0.226 e. The highest BCUT2D eigenvalue weighted by Gasteiger charge is 2.29. The Labute approximate surface area is 137 Å². The summed E-state index contributed by atoms with van der Waals surface area (Å²) in [6.07, 6.45) is 3.93. The van der Waals surface area contributed by atoms with Crippen molar-refractivity contribution < 1.29 is 13.9 Å². The average Bonchev–Trinajstić information content (AvgIpc) is 3.07. The van der Waals surface area contributed by atoms with Crippen molar-refractivity contribution in [3.63, 3.8) is 0 Å². The highest BCUT2D eigenvalue weighted by Crippen LogP contribution is 2.21. The van der Waals surface area contributed by atoms with Gasteiger partial charge in [-0.15, -0.1) is 0 Å². The minimum absolute atomic E-state index is 0.0752. The molecule has 23 heavy (non-hydrogen) atoms. The molecule has 0 radical (unpaired) electrons. The molecular weight excluding hydrogens is 295 g/mol. The highest BCUT2D eigenvalue weighted by atomic mass is 19.1. The number of hydrogen-bond acceptors (Lipinski definition) is 3. The van der Waals surface area contributed by atoms with Crippen molar-refractivity contribution in [1.82, 2.24) is 10.2 Å². The third-order valence-electron chi connectivity index (χ3n) is 4.71. The molecule has 126 valence electrons. The zero-order valence-electron chi connectivity index (χ0n) is 13.5. The average molecular weight is 320 g/mol. The molecule has 4 nitrogen and oxygen atoms in total. The Morgan fingerprint density at radius 3 is 2.83 bits per heavy atom. The second-order valence-electron chi connectivity index (χ2n) is 6.51. The standard InChI is InChI=1S/C18H25FN2O2/c19-16-4-1-3-14(11-16)12-21(13-17-5-2-10-23-17)18(22)15-6-8-20-9-7-15/h1,3-4,11,15,17,20H,2,5-10,12-13H2. The van der Waals surface area contributed by atoms with Gasteiger partial charge in [-0.2, -0.15) is 0 Å². The van der Waals surface area contributed by atoms with Gasteiger partial charge in [0.15, 0.2) is 0 Å². The van der Waals surface area contributed by atoms with E-state index in [1.165, 1.54) is 12.1 Å². The predicted molar refractivity (Wildman–Crippen MR) is 86.4 cm³/mol. The quantitative estimate of drug-likeness (QED) is 0.905. The molecule has 2 aliphatic heterocycles. The van der Waals surface area contributed by atoms with Crippen molar-refractivity contribution in [2.45, 2.75) is 38.3 Å². The molecule has 1 aromatic rings. The van der Waals surface area contributed by atoms with Gasteiger partial charge in [0.1, 0.15) is 5.82 Å². The van der Waals surface area contributed by atoms with E-state index in [1.807, 2.05) is 11.0 Å². The number of ether oxygens (including phenoxy) is 1. The number of rotatable bonds is 5. The van der Waals surface area contributed by atoms with Gasteiger partial charge in [-0.3, -0.25) is 4.79 Å². The topological polar surface area (TPSA) is 41.6 Å². The summed E-state index contributed by atoms with van der Waals surface area (Å²) >= 11 is 0. The van der Waals surface area contributed by atoms with Gasteiger partial charge in [-0.05, 0) is 56.5 Å². The van der Waals surface area contributed by atoms with Gasteiger partial charge in [-0.1, -0.05) is 12.1 Å². The molecule has 1 unspecified atom stereocenters. The Balaban J connectivity index is 1.70. The molecule has 0 bridgehead atoms. The van der Waals surface area contributed by atoms with Crippen LogP contribution in [0.4, 0.5) is 4.39 Å². The molecule has 0 aromatic heterocycles. The Bertz CT molecular complexity index is 526. The van der Waals surface area contributed by atoms with Crippen LogP contribution < -0.4 is 5.32 Å². The van der Waals surface area contributed by atoms with E-state index in [4.69, 9.17) is 4.74 Å². The van der Waals surface area contributed by atoms with Gasteiger partial charge < -0.3 is 15.0 Å². The van der Waals surface area contributed by atoms with Crippen LogP contribution in [0.3, 0.4) is 0 Å². The van der Waals surface area contributed by atoms with E-state index in [0.29, 0.717) is 13.1 Å². The minimum atomic E-state index is -0.256. The molecule has 5 heteroatoms. The number of carbonyl (C=O) groups excluding carboxylic acids is 1. The van der Waals surface area contributed by atoms with Crippen molar-refractivity contribution in [2.24, 2.45) is 5.92 Å². The van der Waals surface area contributed by atoms with Crippen molar-refractivity contribution in [2.75, 3.05) is 26.2 Å². The van der Waals surface area contributed by atoms with Crippen LogP contribution in [0.15, 0.2) is 24.3 Å². The van der Waals surface area contributed by atoms with Crippen LogP contribution in [0.2, 0.25) is 0 Å². The minimum Gasteiger partial charge on any atom is -0.376 e. The molecular formula is C18H25FN2O2. The van der Waals surface area contributed by atoms with Crippen LogP contribution >= 0.6 is 0 Å². The number of hydrogen-bond donors (Lipinski definition) is 1. The molecule has 2 heterocycles. The Morgan fingerprint density at radius 1 is 1.30 bits per heavy atom. The molecule has 2 fully saturated rings. The van der Waals surface area contributed by atoms with Crippen molar-refractivity contribution in [3.8, 4) is 0 Å². The summed E-state index contributed by atoms with van der Waals surface area (Å²) in [7, 11) is 0. The Hall–Kier alpha value is -1.46. The molecule has 1 amide bonds. The summed E-state index contributed by atoms with van der Waals surface area (Å²) in [5.74, 6) is 0.00588. The maximum atomic E-state index is 13.4. The lowest BCUT2D eigenvalue weighted by Gasteiger charge is -2.31. The first-order valence-electron chi connectivity index (χ1n) is 8.58. The lowest BCUT2D eigenvalue weighted by atomic mass is 9.96. The van der Waals surface area contributed by atoms with Gasteiger partial charge in [0, 0.05) is 25.6 Å². The smallest absolute Gasteiger partial charge is 0.226 e. The lowest BCUT2D eigenvalue weighted by molar-refractivity contribution is -0.138. The number of piperidine rings is 1. The predicted octanol–water partition coefficient (Wildman–Crippen LogP) is 2.33. The number of nitrogens with one attached hydrogen (secondary N) is 1. The van der Waals surface area contributed by atoms with Crippen LogP contribution in [0.25, 0.3) is 0 Å². The van der Waals surface area contributed by atoms with Crippen molar-refractivity contribution >= 4 is 5.91 Å². The van der Waals surface area contributed by atoms with Crippen molar-refractivity contribution in [3.05, 3.63) is 35.6 Å².